The standard InChI is InChI=1S/C15H21NO2.C13H18N2O.C8H10/c1-5-12(4)16(11(2)3)14-8-6-13(7-9-14)10-15(17)18;1-3-4-13(14)15-12-7-5-11(6-8-12)9-10(2)16;1-7-5-3-4-6-8(7)2/h6-9,11H,4-5,10H2,1-3H3,(H,17,18);4-8,15H,3,9,14H2,1-2H3;3-6H,1-2H3. The van der Waals surface area contributed by atoms with Gasteiger partial charge in [-0.1, -0.05) is 69.0 Å². The van der Waals surface area contributed by atoms with E-state index in [1.165, 1.54) is 11.1 Å². The van der Waals surface area contributed by atoms with E-state index in [-0.39, 0.29) is 12.2 Å². The van der Waals surface area contributed by atoms with Crippen molar-refractivity contribution in [2.45, 2.75) is 80.2 Å². The van der Waals surface area contributed by atoms with Gasteiger partial charge in [0.15, 0.2) is 0 Å². The minimum atomic E-state index is -0.804. The first-order valence-corrected chi connectivity index (χ1v) is 14.5. The van der Waals surface area contributed by atoms with Crippen LogP contribution in [0.3, 0.4) is 0 Å². The average Bonchev–Trinajstić information content (AvgIpc) is 2.92. The summed E-state index contributed by atoms with van der Waals surface area (Å²) in [6.07, 6.45) is 4.27. The van der Waals surface area contributed by atoms with Gasteiger partial charge in [-0.15, -0.1) is 0 Å². The van der Waals surface area contributed by atoms with E-state index in [2.05, 4.69) is 75.7 Å². The van der Waals surface area contributed by atoms with Gasteiger partial charge in [-0.05, 0) is 100 Å². The monoisotopic (exact) mass is 571 g/mol. The largest absolute Gasteiger partial charge is 0.481 e. The molecular formula is C36H49N3O3. The lowest BCUT2D eigenvalue weighted by Gasteiger charge is -2.30. The highest BCUT2D eigenvalue weighted by molar-refractivity contribution is 5.78. The van der Waals surface area contributed by atoms with Crippen molar-refractivity contribution in [3.63, 3.8) is 0 Å². The van der Waals surface area contributed by atoms with Crippen molar-refractivity contribution in [2.24, 2.45) is 5.73 Å². The van der Waals surface area contributed by atoms with E-state index < -0.39 is 5.97 Å². The summed E-state index contributed by atoms with van der Waals surface area (Å²) in [4.78, 5) is 23.7. The summed E-state index contributed by atoms with van der Waals surface area (Å²) >= 11 is 0. The predicted octanol–water partition coefficient (Wildman–Crippen LogP) is 8.20. The first kappa shape index (κ1) is 35.7. The number of nitrogens with zero attached hydrogens (tertiary/aromatic N) is 1. The SMILES string of the molecule is C=C(CC)N(c1ccc(CC(=O)O)cc1)C(C)C.CCC=C(N)Nc1ccc(CC(C)=O)cc1.Cc1ccccc1C. The van der Waals surface area contributed by atoms with Gasteiger partial charge >= 0.3 is 5.97 Å². The zero-order valence-corrected chi connectivity index (χ0v) is 26.4. The minimum Gasteiger partial charge on any atom is -0.481 e. The molecule has 0 heterocycles. The second-order valence-electron chi connectivity index (χ2n) is 10.5. The third-order valence-corrected chi connectivity index (χ3v) is 6.38. The molecule has 0 unspecified atom stereocenters. The highest BCUT2D eigenvalue weighted by Crippen LogP contribution is 2.23. The van der Waals surface area contributed by atoms with Gasteiger partial charge in [-0.3, -0.25) is 9.59 Å². The van der Waals surface area contributed by atoms with Gasteiger partial charge in [-0.25, -0.2) is 0 Å². The van der Waals surface area contributed by atoms with Gasteiger partial charge < -0.3 is 21.1 Å². The van der Waals surface area contributed by atoms with Crippen molar-refractivity contribution in [1.29, 1.82) is 0 Å². The molecule has 0 bridgehead atoms. The van der Waals surface area contributed by atoms with E-state index in [0.29, 0.717) is 18.3 Å². The van der Waals surface area contributed by atoms with Crippen molar-refractivity contribution in [3.05, 3.63) is 119 Å². The smallest absolute Gasteiger partial charge is 0.307 e. The molecule has 0 aliphatic rings. The number of hydrogen-bond donors (Lipinski definition) is 3. The number of ketones is 1. The molecule has 0 radical (unpaired) electrons. The number of allylic oxidation sites excluding steroid dienone is 2. The molecule has 0 saturated heterocycles. The molecule has 3 aromatic rings. The van der Waals surface area contributed by atoms with E-state index in [1.54, 1.807) is 6.92 Å². The number of aliphatic carboxylic acids is 1. The van der Waals surface area contributed by atoms with Crippen molar-refractivity contribution in [2.75, 3.05) is 10.2 Å². The number of carboxylic acid groups (broad SMARTS) is 1. The number of carbonyl (C=O) groups excluding carboxylic acids is 1. The molecule has 6 nitrogen and oxygen atoms in total. The van der Waals surface area contributed by atoms with Gasteiger partial charge in [-0.2, -0.15) is 0 Å². The van der Waals surface area contributed by atoms with Crippen LogP contribution < -0.4 is 16.0 Å². The van der Waals surface area contributed by atoms with Crippen LogP contribution in [0, 0.1) is 13.8 Å². The van der Waals surface area contributed by atoms with Crippen LogP contribution in [0.4, 0.5) is 11.4 Å². The zero-order chi connectivity index (χ0) is 31.7. The fourth-order valence-corrected chi connectivity index (χ4v) is 4.06. The number of anilines is 2. The maximum absolute atomic E-state index is 10.9. The van der Waals surface area contributed by atoms with Gasteiger partial charge in [0.2, 0.25) is 0 Å². The Hall–Kier alpha value is -4.32. The molecule has 0 spiro atoms. The topological polar surface area (TPSA) is 95.7 Å². The molecule has 3 rings (SSSR count). The van der Waals surface area contributed by atoms with Crippen molar-refractivity contribution in [3.8, 4) is 0 Å². The Kier molecular flexibility index (Phi) is 16.1. The lowest BCUT2D eigenvalue weighted by molar-refractivity contribution is -0.136. The maximum atomic E-state index is 10.9. The van der Waals surface area contributed by atoms with E-state index in [4.69, 9.17) is 10.8 Å². The van der Waals surface area contributed by atoms with Crippen molar-refractivity contribution in [1.82, 2.24) is 0 Å². The Balaban J connectivity index is 0.000000336. The Morgan fingerprint density at radius 1 is 0.905 bits per heavy atom. The van der Waals surface area contributed by atoms with Gasteiger partial charge in [0.1, 0.15) is 5.78 Å². The third-order valence-electron chi connectivity index (χ3n) is 6.38. The van der Waals surface area contributed by atoms with Crippen LogP contribution in [0.2, 0.25) is 0 Å². The normalized spacial score (nSPS) is 10.5. The number of nitrogens with one attached hydrogen (secondary N) is 1. The number of hydrogen-bond acceptors (Lipinski definition) is 5. The summed E-state index contributed by atoms with van der Waals surface area (Å²) in [7, 11) is 0. The number of aryl methyl sites for hydroxylation is 2. The average molecular weight is 572 g/mol. The van der Waals surface area contributed by atoms with Crippen LogP contribution in [-0.4, -0.2) is 22.9 Å². The molecule has 4 N–H and O–H groups in total. The molecule has 0 fully saturated rings. The van der Waals surface area contributed by atoms with E-state index in [1.807, 2.05) is 61.5 Å². The third kappa shape index (κ3) is 13.8. The first-order chi connectivity index (χ1) is 19.9. The highest BCUT2D eigenvalue weighted by Gasteiger charge is 2.13. The van der Waals surface area contributed by atoms with Crippen LogP contribution in [0.15, 0.2) is 97.0 Å². The van der Waals surface area contributed by atoms with Crippen LogP contribution in [-0.2, 0) is 22.4 Å². The molecule has 0 atom stereocenters. The van der Waals surface area contributed by atoms with Gasteiger partial charge in [0, 0.05) is 29.5 Å². The van der Waals surface area contributed by atoms with E-state index in [0.717, 1.165) is 41.0 Å². The second-order valence-corrected chi connectivity index (χ2v) is 10.5. The molecule has 0 aliphatic carbocycles. The summed E-state index contributed by atoms with van der Waals surface area (Å²) in [6.45, 7) is 18.3. The molecule has 0 amide bonds. The van der Waals surface area contributed by atoms with Gasteiger partial charge in [0.25, 0.3) is 0 Å². The minimum absolute atomic E-state index is 0.0662. The molecule has 3 aromatic carbocycles. The summed E-state index contributed by atoms with van der Waals surface area (Å²) in [6, 6.07) is 24.1. The summed E-state index contributed by atoms with van der Waals surface area (Å²) < 4.78 is 0. The number of nitrogens with two attached hydrogens (primary N) is 1. The lowest BCUT2D eigenvalue weighted by Crippen LogP contribution is -2.29. The maximum Gasteiger partial charge on any atom is 0.307 e. The van der Waals surface area contributed by atoms with E-state index in [9.17, 15) is 9.59 Å². The van der Waals surface area contributed by atoms with Crippen molar-refractivity contribution >= 4 is 23.1 Å². The molecule has 226 valence electrons. The van der Waals surface area contributed by atoms with E-state index >= 15 is 0 Å². The van der Waals surface area contributed by atoms with Crippen LogP contribution in [0.1, 0.15) is 69.7 Å². The zero-order valence-electron chi connectivity index (χ0n) is 26.4. The number of carbonyl (C=O) groups is 2. The molecule has 0 saturated carbocycles. The Labute approximate surface area is 253 Å². The van der Waals surface area contributed by atoms with Gasteiger partial charge in [0.05, 0.1) is 12.2 Å². The second kappa shape index (κ2) is 18.9. The summed E-state index contributed by atoms with van der Waals surface area (Å²) in [5.41, 5.74) is 13.4. The fraction of sp³-hybridized carbons (Fsp3) is 0.333. The summed E-state index contributed by atoms with van der Waals surface area (Å²) in [5, 5.41) is 11.8. The number of rotatable bonds is 11. The molecule has 0 aliphatic heterocycles. The highest BCUT2D eigenvalue weighted by atomic mass is 16.4. The Morgan fingerprint density at radius 3 is 1.81 bits per heavy atom. The Morgan fingerprint density at radius 2 is 1.40 bits per heavy atom. The fourth-order valence-electron chi connectivity index (χ4n) is 4.06. The predicted molar refractivity (Wildman–Crippen MR) is 178 cm³/mol. The quantitative estimate of drug-likeness (QED) is 0.215. The molecule has 6 heteroatoms. The molecule has 42 heavy (non-hydrogen) atoms. The first-order valence-electron chi connectivity index (χ1n) is 14.5. The lowest BCUT2D eigenvalue weighted by atomic mass is 10.1. The Bertz CT molecular complexity index is 1270. The summed E-state index contributed by atoms with van der Waals surface area (Å²) in [5.74, 6) is 0.0225. The van der Waals surface area contributed by atoms with Crippen molar-refractivity contribution < 1.29 is 14.7 Å². The number of carboxylic acids is 1. The number of Topliss-reactive ketones (excluding diaryl/α,β-unsaturated/α-hetero) is 1. The molecular weight excluding hydrogens is 522 g/mol. The number of benzene rings is 3. The van der Waals surface area contributed by atoms with Crippen LogP contribution >= 0.6 is 0 Å². The molecule has 0 aromatic heterocycles. The van der Waals surface area contributed by atoms with Crippen LogP contribution in [0.5, 0.6) is 0 Å². The van der Waals surface area contributed by atoms with Crippen LogP contribution in [0.25, 0.3) is 0 Å².